The third-order valence-corrected chi connectivity index (χ3v) is 5.39. The number of methoxy groups -OCH3 is 1. The Hall–Kier alpha value is -3.77. The normalized spacial score (nSPS) is 17.8. The molecule has 0 amide bonds. The molecule has 3 aromatic rings. The average molecular weight is 431 g/mol. The maximum absolute atomic E-state index is 11.8. The van der Waals surface area contributed by atoms with Crippen LogP contribution < -0.4 is 15.4 Å². The van der Waals surface area contributed by atoms with Gasteiger partial charge in [0, 0.05) is 11.3 Å². The highest BCUT2D eigenvalue weighted by Gasteiger charge is 2.25. The van der Waals surface area contributed by atoms with Gasteiger partial charge in [-0.15, -0.1) is 0 Å². The van der Waals surface area contributed by atoms with Crippen molar-refractivity contribution in [2.45, 2.75) is 19.1 Å². The van der Waals surface area contributed by atoms with Crippen molar-refractivity contribution in [3.05, 3.63) is 101 Å². The Kier molecular flexibility index (Phi) is 6.42. The van der Waals surface area contributed by atoms with E-state index in [1.807, 2.05) is 55.5 Å². The summed E-state index contributed by atoms with van der Waals surface area (Å²) in [5, 5.41) is 17.5. The van der Waals surface area contributed by atoms with Crippen molar-refractivity contribution in [2.24, 2.45) is 0 Å². The molecule has 0 fully saturated rings. The number of phenols is 1. The largest absolute Gasteiger partial charge is 0.508 e. The van der Waals surface area contributed by atoms with Gasteiger partial charge in [-0.25, -0.2) is 4.79 Å². The van der Waals surface area contributed by atoms with Crippen molar-refractivity contribution in [3.8, 4) is 11.5 Å². The van der Waals surface area contributed by atoms with Crippen LogP contribution in [0.1, 0.15) is 46.2 Å². The zero-order chi connectivity index (χ0) is 22.5. The SMILES string of the molecule is CCOc1ccc(C2=CC(c3ccccc3O)NC(c3ccc(C(=O)OC)cc3)N2)cc1. The Labute approximate surface area is 187 Å². The molecule has 0 aliphatic carbocycles. The van der Waals surface area contributed by atoms with Gasteiger partial charge in [-0.3, -0.25) is 5.32 Å². The van der Waals surface area contributed by atoms with Gasteiger partial charge in [0.05, 0.1) is 25.3 Å². The summed E-state index contributed by atoms with van der Waals surface area (Å²) in [7, 11) is 1.37. The predicted molar refractivity (Wildman–Crippen MR) is 123 cm³/mol. The standard InChI is InChI=1S/C26H26N2O4/c1-3-32-20-14-12-17(13-15-20)22-16-23(21-6-4-5-7-24(21)29)28-25(27-22)18-8-10-19(11-9-18)26(30)31-2/h4-16,23,25,27-29H,3H2,1-2H3. The fraction of sp³-hybridized carbons (Fsp3) is 0.192. The van der Waals surface area contributed by atoms with E-state index in [0.717, 1.165) is 28.1 Å². The summed E-state index contributed by atoms with van der Waals surface area (Å²) in [6, 6.07) is 22.3. The topological polar surface area (TPSA) is 79.8 Å². The number of phenolic OH excluding ortho intramolecular Hbond substituents is 1. The van der Waals surface area contributed by atoms with Crippen LogP contribution in [-0.4, -0.2) is 24.8 Å². The summed E-state index contributed by atoms with van der Waals surface area (Å²) in [6.07, 6.45) is 1.82. The van der Waals surface area contributed by atoms with Gasteiger partial charge in [-0.05, 0) is 66.6 Å². The molecule has 6 nitrogen and oxygen atoms in total. The minimum Gasteiger partial charge on any atom is -0.508 e. The predicted octanol–water partition coefficient (Wildman–Crippen LogP) is 4.55. The minimum atomic E-state index is -0.372. The summed E-state index contributed by atoms with van der Waals surface area (Å²) in [4.78, 5) is 11.8. The first-order chi connectivity index (χ1) is 15.6. The van der Waals surface area contributed by atoms with Crippen LogP contribution in [0.2, 0.25) is 0 Å². The lowest BCUT2D eigenvalue weighted by Crippen LogP contribution is -2.39. The lowest BCUT2D eigenvalue weighted by molar-refractivity contribution is 0.0600. The van der Waals surface area contributed by atoms with E-state index in [2.05, 4.69) is 16.7 Å². The molecule has 0 spiro atoms. The zero-order valence-corrected chi connectivity index (χ0v) is 18.0. The van der Waals surface area contributed by atoms with E-state index in [1.54, 1.807) is 24.3 Å². The molecule has 0 bridgehead atoms. The van der Waals surface area contributed by atoms with E-state index in [9.17, 15) is 9.90 Å². The number of nitrogens with one attached hydrogen (secondary N) is 2. The van der Waals surface area contributed by atoms with Gasteiger partial charge in [-0.1, -0.05) is 30.3 Å². The van der Waals surface area contributed by atoms with Gasteiger partial charge in [0.25, 0.3) is 0 Å². The second kappa shape index (κ2) is 9.58. The molecule has 0 radical (unpaired) electrons. The maximum Gasteiger partial charge on any atom is 0.337 e. The van der Waals surface area contributed by atoms with Crippen LogP contribution in [0.4, 0.5) is 0 Å². The molecule has 4 rings (SSSR count). The number of aromatic hydroxyl groups is 1. The Morgan fingerprint density at radius 1 is 1.00 bits per heavy atom. The number of carbonyl (C=O) groups is 1. The monoisotopic (exact) mass is 430 g/mol. The molecule has 6 heteroatoms. The second-order valence-corrected chi connectivity index (χ2v) is 7.43. The molecular weight excluding hydrogens is 404 g/mol. The first kappa shape index (κ1) is 21.5. The number of benzene rings is 3. The van der Waals surface area contributed by atoms with Crippen molar-refractivity contribution < 1.29 is 19.4 Å². The number of hydrogen-bond acceptors (Lipinski definition) is 6. The summed E-state index contributed by atoms with van der Waals surface area (Å²) in [5.74, 6) is 0.676. The van der Waals surface area contributed by atoms with Crippen molar-refractivity contribution in [2.75, 3.05) is 13.7 Å². The van der Waals surface area contributed by atoms with E-state index >= 15 is 0 Å². The van der Waals surface area contributed by atoms with Crippen LogP contribution in [0.15, 0.2) is 78.9 Å². The number of para-hydroxylation sites is 1. The maximum atomic E-state index is 11.8. The number of carbonyl (C=O) groups excluding carboxylic acids is 1. The van der Waals surface area contributed by atoms with Crippen molar-refractivity contribution in [1.29, 1.82) is 0 Å². The van der Waals surface area contributed by atoms with Gasteiger partial charge >= 0.3 is 5.97 Å². The van der Waals surface area contributed by atoms with Crippen LogP contribution in [0.5, 0.6) is 11.5 Å². The molecule has 1 aliphatic rings. The Balaban J connectivity index is 1.68. The molecule has 0 saturated carbocycles. The van der Waals surface area contributed by atoms with Gasteiger partial charge in [0.2, 0.25) is 0 Å². The molecule has 32 heavy (non-hydrogen) atoms. The first-order valence-corrected chi connectivity index (χ1v) is 10.5. The van der Waals surface area contributed by atoms with E-state index in [4.69, 9.17) is 9.47 Å². The molecule has 3 aromatic carbocycles. The minimum absolute atomic E-state index is 0.218. The van der Waals surface area contributed by atoms with Crippen molar-refractivity contribution in [1.82, 2.24) is 10.6 Å². The van der Waals surface area contributed by atoms with Gasteiger partial charge < -0.3 is 19.9 Å². The Morgan fingerprint density at radius 3 is 2.38 bits per heavy atom. The molecule has 1 aliphatic heterocycles. The number of rotatable bonds is 6. The van der Waals surface area contributed by atoms with Gasteiger partial charge in [0.15, 0.2) is 0 Å². The summed E-state index contributed by atoms with van der Waals surface area (Å²) in [5.41, 5.74) is 4.17. The van der Waals surface area contributed by atoms with Crippen LogP contribution in [0.25, 0.3) is 5.70 Å². The number of hydrogen-bond donors (Lipinski definition) is 3. The van der Waals surface area contributed by atoms with Crippen molar-refractivity contribution in [3.63, 3.8) is 0 Å². The summed E-state index contributed by atoms with van der Waals surface area (Å²) >= 11 is 0. The fourth-order valence-electron chi connectivity index (χ4n) is 3.76. The highest BCUT2D eigenvalue weighted by Crippen LogP contribution is 2.33. The average Bonchev–Trinajstić information content (AvgIpc) is 2.84. The Morgan fingerprint density at radius 2 is 1.72 bits per heavy atom. The summed E-state index contributed by atoms with van der Waals surface area (Å²) < 4.78 is 10.4. The molecule has 164 valence electrons. The van der Waals surface area contributed by atoms with Crippen LogP contribution in [0, 0.1) is 0 Å². The number of esters is 1. The van der Waals surface area contributed by atoms with E-state index in [1.165, 1.54) is 7.11 Å². The quantitative estimate of drug-likeness (QED) is 0.498. The lowest BCUT2D eigenvalue weighted by atomic mass is 9.97. The van der Waals surface area contributed by atoms with E-state index in [-0.39, 0.29) is 23.9 Å². The first-order valence-electron chi connectivity index (χ1n) is 10.5. The smallest absolute Gasteiger partial charge is 0.337 e. The van der Waals surface area contributed by atoms with Crippen LogP contribution in [0.3, 0.4) is 0 Å². The van der Waals surface area contributed by atoms with Crippen LogP contribution >= 0.6 is 0 Å². The van der Waals surface area contributed by atoms with E-state index in [0.29, 0.717) is 12.2 Å². The molecule has 2 atom stereocenters. The molecule has 0 aromatic heterocycles. The third-order valence-electron chi connectivity index (χ3n) is 5.39. The van der Waals surface area contributed by atoms with Gasteiger partial charge in [-0.2, -0.15) is 0 Å². The lowest BCUT2D eigenvalue weighted by Gasteiger charge is -2.33. The molecule has 3 N–H and O–H groups in total. The van der Waals surface area contributed by atoms with Gasteiger partial charge in [0.1, 0.15) is 17.7 Å². The van der Waals surface area contributed by atoms with Crippen LogP contribution in [-0.2, 0) is 4.74 Å². The summed E-state index contributed by atoms with van der Waals surface area (Å²) in [6.45, 7) is 2.57. The van der Waals surface area contributed by atoms with E-state index < -0.39 is 0 Å². The number of ether oxygens (including phenoxy) is 2. The second-order valence-electron chi connectivity index (χ2n) is 7.43. The highest BCUT2D eigenvalue weighted by atomic mass is 16.5. The molecule has 0 saturated heterocycles. The zero-order valence-electron chi connectivity index (χ0n) is 18.0. The molecule has 1 heterocycles. The van der Waals surface area contributed by atoms with Crippen molar-refractivity contribution >= 4 is 11.7 Å². The molecule has 2 unspecified atom stereocenters. The molecular formula is C26H26N2O4. The highest BCUT2D eigenvalue weighted by molar-refractivity contribution is 5.89. The third kappa shape index (κ3) is 4.60. The Bertz CT molecular complexity index is 1110. The fourth-order valence-corrected chi connectivity index (χ4v) is 3.76.